The van der Waals surface area contributed by atoms with Crippen molar-refractivity contribution in [1.82, 2.24) is 5.32 Å². The van der Waals surface area contributed by atoms with Crippen molar-refractivity contribution >= 4 is 12.0 Å². The smallest absolute Gasteiger partial charge is 0.251 e. The van der Waals surface area contributed by atoms with Gasteiger partial charge in [0.05, 0.1) is 6.61 Å². The SMILES string of the molecule is C#CCCOc1cccc(CNC(=O)c2ccc(C)c(/C=C\C=C(C)C)c2)c1F. The standard InChI is InChI=1S/C25H26FNO2/c1-5-6-15-29-23-12-8-11-22(24(23)26)17-27-25(28)21-14-13-19(4)20(16-21)10-7-9-18(2)3/h1,7-14,16H,6,15,17H2,2-4H3,(H,27,28)/b10-7-. The molecule has 0 radical (unpaired) electrons. The maximum absolute atomic E-state index is 14.5. The molecule has 0 aliphatic heterocycles. The van der Waals surface area contributed by atoms with E-state index in [1.165, 1.54) is 5.57 Å². The normalized spacial score (nSPS) is 10.4. The number of carbonyl (C=O) groups is 1. The Morgan fingerprint density at radius 2 is 2.07 bits per heavy atom. The van der Waals surface area contributed by atoms with E-state index in [9.17, 15) is 9.18 Å². The molecular weight excluding hydrogens is 365 g/mol. The fourth-order valence-electron chi connectivity index (χ4n) is 2.61. The van der Waals surface area contributed by atoms with Gasteiger partial charge in [0, 0.05) is 24.1 Å². The predicted octanol–water partition coefficient (Wildman–Crippen LogP) is 5.45. The number of hydrogen-bond donors (Lipinski definition) is 1. The Kier molecular flexibility index (Phi) is 8.24. The second-order valence-electron chi connectivity index (χ2n) is 6.89. The van der Waals surface area contributed by atoms with E-state index in [4.69, 9.17) is 11.2 Å². The molecule has 0 atom stereocenters. The van der Waals surface area contributed by atoms with Gasteiger partial charge in [0.1, 0.15) is 0 Å². The summed E-state index contributed by atoms with van der Waals surface area (Å²) in [6.07, 6.45) is 11.5. The van der Waals surface area contributed by atoms with Crippen LogP contribution in [0.1, 0.15) is 47.3 Å². The van der Waals surface area contributed by atoms with Crippen molar-refractivity contribution in [3.8, 4) is 18.1 Å². The van der Waals surface area contributed by atoms with Crippen molar-refractivity contribution in [2.75, 3.05) is 6.61 Å². The first kappa shape index (κ1) is 22.0. The third-order valence-electron chi connectivity index (χ3n) is 4.23. The summed E-state index contributed by atoms with van der Waals surface area (Å²) in [6.45, 7) is 6.35. The van der Waals surface area contributed by atoms with Crippen LogP contribution < -0.4 is 10.1 Å². The van der Waals surface area contributed by atoms with Crippen molar-refractivity contribution in [2.24, 2.45) is 0 Å². The summed E-state index contributed by atoms with van der Waals surface area (Å²) in [6, 6.07) is 10.3. The van der Waals surface area contributed by atoms with Crippen molar-refractivity contribution < 1.29 is 13.9 Å². The van der Waals surface area contributed by atoms with Gasteiger partial charge in [0.25, 0.3) is 5.91 Å². The lowest BCUT2D eigenvalue weighted by Gasteiger charge is -2.11. The Morgan fingerprint density at radius 1 is 1.28 bits per heavy atom. The van der Waals surface area contributed by atoms with Crippen LogP contribution in [-0.2, 0) is 6.54 Å². The molecule has 0 bridgehead atoms. The van der Waals surface area contributed by atoms with E-state index in [-0.39, 0.29) is 24.8 Å². The number of amides is 1. The van der Waals surface area contributed by atoms with Gasteiger partial charge in [-0.05, 0) is 50.1 Å². The van der Waals surface area contributed by atoms with E-state index in [0.717, 1.165) is 11.1 Å². The summed E-state index contributed by atoms with van der Waals surface area (Å²) in [5.74, 6) is 1.83. The highest BCUT2D eigenvalue weighted by Gasteiger charge is 2.12. The molecule has 2 aromatic rings. The van der Waals surface area contributed by atoms with Crippen molar-refractivity contribution in [1.29, 1.82) is 0 Å². The van der Waals surface area contributed by atoms with Gasteiger partial charge >= 0.3 is 0 Å². The largest absolute Gasteiger partial charge is 0.490 e. The number of carbonyl (C=O) groups excluding carboxylic acids is 1. The summed E-state index contributed by atoms with van der Waals surface area (Å²) in [5, 5.41) is 2.77. The summed E-state index contributed by atoms with van der Waals surface area (Å²) in [4.78, 5) is 12.5. The van der Waals surface area contributed by atoms with Gasteiger partial charge in [-0.1, -0.05) is 42.0 Å². The number of halogens is 1. The number of terminal acetylenes is 1. The molecule has 2 aromatic carbocycles. The molecule has 0 saturated heterocycles. The van der Waals surface area contributed by atoms with Crippen molar-refractivity contribution in [3.05, 3.63) is 82.2 Å². The quantitative estimate of drug-likeness (QED) is 0.369. The van der Waals surface area contributed by atoms with E-state index < -0.39 is 5.82 Å². The third-order valence-corrected chi connectivity index (χ3v) is 4.23. The fraction of sp³-hybridized carbons (Fsp3) is 0.240. The Balaban J connectivity index is 2.08. The highest BCUT2D eigenvalue weighted by atomic mass is 19.1. The number of allylic oxidation sites excluding steroid dienone is 3. The Morgan fingerprint density at radius 3 is 2.79 bits per heavy atom. The molecule has 0 unspecified atom stereocenters. The topological polar surface area (TPSA) is 38.3 Å². The van der Waals surface area contributed by atoms with Crippen LogP contribution in [0.3, 0.4) is 0 Å². The molecule has 1 amide bonds. The maximum atomic E-state index is 14.5. The minimum atomic E-state index is -0.487. The second kappa shape index (κ2) is 10.9. The Labute approximate surface area is 172 Å². The molecule has 2 rings (SSSR count). The molecule has 0 spiro atoms. The van der Waals surface area contributed by atoms with Crippen LogP contribution in [0.2, 0.25) is 0 Å². The number of rotatable bonds is 8. The number of hydrogen-bond acceptors (Lipinski definition) is 2. The molecule has 0 heterocycles. The van der Waals surface area contributed by atoms with E-state index in [1.54, 1.807) is 24.3 Å². The summed E-state index contributed by atoms with van der Waals surface area (Å²) in [5.41, 5.74) is 4.11. The first-order valence-corrected chi connectivity index (χ1v) is 9.46. The summed E-state index contributed by atoms with van der Waals surface area (Å²) >= 11 is 0. The molecule has 4 heteroatoms. The molecule has 3 nitrogen and oxygen atoms in total. The molecule has 0 aliphatic carbocycles. The van der Waals surface area contributed by atoms with Crippen LogP contribution >= 0.6 is 0 Å². The van der Waals surface area contributed by atoms with Crippen LogP contribution in [0.4, 0.5) is 4.39 Å². The van der Waals surface area contributed by atoms with E-state index in [0.29, 0.717) is 17.5 Å². The molecular formula is C25H26FNO2. The molecule has 1 N–H and O–H groups in total. The van der Waals surface area contributed by atoms with Gasteiger partial charge < -0.3 is 10.1 Å². The zero-order valence-electron chi connectivity index (χ0n) is 17.1. The molecule has 29 heavy (non-hydrogen) atoms. The summed E-state index contributed by atoms with van der Waals surface area (Å²) < 4.78 is 19.9. The lowest BCUT2D eigenvalue weighted by molar-refractivity contribution is 0.0950. The zero-order chi connectivity index (χ0) is 21.2. The van der Waals surface area contributed by atoms with Gasteiger partial charge in [0.15, 0.2) is 11.6 Å². The highest BCUT2D eigenvalue weighted by molar-refractivity contribution is 5.94. The first-order valence-electron chi connectivity index (χ1n) is 9.46. The van der Waals surface area contributed by atoms with Crippen LogP contribution in [0, 0.1) is 25.1 Å². The molecule has 0 fully saturated rings. The van der Waals surface area contributed by atoms with E-state index in [2.05, 4.69) is 11.2 Å². The monoisotopic (exact) mass is 391 g/mol. The predicted molar refractivity (Wildman–Crippen MR) is 116 cm³/mol. The van der Waals surface area contributed by atoms with Crippen LogP contribution in [0.15, 0.2) is 54.1 Å². The molecule has 150 valence electrons. The fourth-order valence-corrected chi connectivity index (χ4v) is 2.61. The number of aryl methyl sites for hydroxylation is 1. The highest BCUT2D eigenvalue weighted by Crippen LogP contribution is 2.21. The minimum Gasteiger partial charge on any atom is -0.490 e. The second-order valence-corrected chi connectivity index (χ2v) is 6.89. The molecule has 0 aliphatic rings. The zero-order valence-corrected chi connectivity index (χ0v) is 17.1. The van der Waals surface area contributed by atoms with Gasteiger partial charge in [-0.15, -0.1) is 12.3 Å². The third kappa shape index (κ3) is 6.65. The van der Waals surface area contributed by atoms with Gasteiger partial charge in [-0.3, -0.25) is 4.79 Å². The summed E-state index contributed by atoms with van der Waals surface area (Å²) in [7, 11) is 0. The van der Waals surface area contributed by atoms with Gasteiger partial charge in [-0.25, -0.2) is 4.39 Å². The van der Waals surface area contributed by atoms with Crippen LogP contribution in [-0.4, -0.2) is 12.5 Å². The van der Waals surface area contributed by atoms with Gasteiger partial charge in [-0.2, -0.15) is 0 Å². The number of ether oxygens (including phenoxy) is 1. The Bertz CT molecular complexity index is 963. The van der Waals surface area contributed by atoms with Gasteiger partial charge in [0.2, 0.25) is 0 Å². The molecule has 0 aromatic heterocycles. The average molecular weight is 391 g/mol. The lowest BCUT2D eigenvalue weighted by Crippen LogP contribution is -2.23. The van der Waals surface area contributed by atoms with Crippen LogP contribution in [0.5, 0.6) is 5.75 Å². The van der Waals surface area contributed by atoms with Crippen LogP contribution in [0.25, 0.3) is 6.08 Å². The average Bonchev–Trinajstić information content (AvgIpc) is 2.69. The first-order chi connectivity index (χ1) is 13.9. The van der Waals surface area contributed by atoms with E-state index >= 15 is 0 Å². The maximum Gasteiger partial charge on any atom is 0.251 e. The van der Waals surface area contributed by atoms with Crippen molar-refractivity contribution in [2.45, 2.75) is 33.7 Å². The lowest BCUT2D eigenvalue weighted by atomic mass is 10.0. The number of benzene rings is 2. The van der Waals surface area contributed by atoms with E-state index in [1.807, 2.05) is 51.1 Å². The minimum absolute atomic E-state index is 0.0633. The number of nitrogens with one attached hydrogen (secondary N) is 1. The van der Waals surface area contributed by atoms with Crippen molar-refractivity contribution in [3.63, 3.8) is 0 Å². The Hall–Kier alpha value is -3.32. The molecule has 0 saturated carbocycles.